The molecular formula is C20H33N5O4. The van der Waals surface area contributed by atoms with E-state index in [1.54, 1.807) is 6.33 Å². The summed E-state index contributed by atoms with van der Waals surface area (Å²) in [5, 5.41) is 21.6. The fourth-order valence-electron chi connectivity index (χ4n) is 4.09. The van der Waals surface area contributed by atoms with Gasteiger partial charge in [-0.25, -0.2) is 15.0 Å². The Bertz CT molecular complexity index is 785. The zero-order valence-electron chi connectivity index (χ0n) is 17.3. The van der Waals surface area contributed by atoms with Crippen LogP contribution in [0, 0.1) is 5.41 Å². The molecular weight excluding hydrogens is 374 g/mol. The molecule has 2 aromatic heterocycles. The van der Waals surface area contributed by atoms with Crippen LogP contribution in [0.25, 0.3) is 11.2 Å². The van der Waals surface area contributed by atoms with Gasteiger partial charge in [0, 0.05) is 18.6 Å². The minimum absolute atomic E-state index is 0.132. The molecule has 162 valence electrons. The number of nitrogen functional groups attached to an aromatic ring is 1. The van der Waals surface area contributed by atoms with Gasteiger partial charge in [-0.05, 0) is 19.3 Å². The van der Waals surface area contributed by atoms with Gasteiger partial charge in [-0.3, -0.25) is 0 Å². The fraction of sp³-hybridized carbons (Fsp3) is 0.750. The van der Waals surface area contributed by atoms with Crippen LogP contribution < -0.4 is 5.73 Å². The summed E-state index contributed by atoms with van der Waals surface area (Å²) in [6.45, 7) is 5.55. The molecule has 9 heteroatoms. The van der Waals surface area contributed by atoms with Crippen LogP contribution in [0.15, 0.2) is 12.7 Å². The van der Waals surface area contributed by atoms with E-state index < -0.39 is 17.6 Å². The summed E-state index contributed by atoms with van der Waals surface area (Å²) in [6.07, 6.45) is 6.01. The van der Waals surface area contributed by atoms with Gasteiger partial charge in [-0.15, -0.1) is 0 Å². The number of hydrogen-bond donors (Lipinski definition) is 3. The van der Waals surface area contributed by atoms with Gasteiger partial charge < -0.3 is 30.0 Å². The van der Waals surface area contributed by atoms with Crippen molar-refractivity contribution in [2.45, 2.75) is 64.2 Å². The molecule has 9 nitrogen and oxygen atoms in total. The standard InChI is InChI=1S/C20H33N5O4/c1-3-5-7-28-11-20(10-26)9-14(16(27)17(20)29-8-6-4-2)25-13-24-15-18(21)22-12-23-19(15)25/h12-14,16-17,26-27H,3-11H2,1-2H3,(H2,21,22,23)/t14-,16+,17+,20+/m1/s1. The molecule has 1 aliphatic rings. The maximum atomic E-state index is 11.2. The smallest absolute Gasteiger partial charge is 0.165 e. The third kappa shape index (κ3) is 4.37. The molecule has 29 heavy (non-hydrogen) atoms. The van der Waals surface area contributed by atoms with Gasteiger partial charge in [-0.2, -0.15) is 0 Å². The Morgan fingerprint density at radius 1 is 1.21 bits per heavy atom. The Kier molecular flexibility index (Phi) is 7.39. The molecule has 1 fully saturated rings. The predicted octanol–water partition coefficient (Wildman–Crippen LogP) is 1.69. The maximum absolute atomic E-state index is 11.2. The number of aliphatic hydroxyl groups is 2. The third-order valence-corrected chi connectivity index (χ3v) is 5.81. The highest BCUT2D eigenvalue weighted by atomic mass is 16.5. The van der Waals surface area contributed by atoms with E-state index in [2.05, 4.69) is 28.8 Å². The van der Waals surface area contributed by atoms with Gasteiger partial charge in [0.25, 0.3) is 0 Å². The summed E-state index contributed by atoms with van der Waals surface area (Å²) in [6, 6.07) is -0.358. The summed E-state index contributed by atoms with van der Waals surface area (Å²) in [5.41, 5.74) is 6.28. The molecule has 0 saturated heterocycles. The molecule has 1 saturated carbocycles. The van der Waals surface area contributed by atoms with Gasteiger partial charge in [0.2, 0.25) is 0 Å². The number of aliphatic hydroxyl groups excluding tert-OH is 2. The Hall–Kier alpha value is -1.81. The predicted molar refractivity (Wildman–Crippen MR) is 109 cm³/mol. The van der Waals surface area contributed by atoms with Gasteiger partial charge >= 0.3 is 0 Å². The molecule has 0 amide bonds. The Balaban J connectivity index is 1.89. The molecule has 1 aliphatic carbocycles. The van der Waals surface area contributed by atoms with Crippen molar-refractivity contribution in [2.24, 2.45) is 5.41 Å². The fourth-order valence-corrected chi connectivity index (χ4v) is 4.09. The Labute approximate surface area is 171 Å². The van der Waals surface area contributed by atoms with Crippen LogP contribution in [0.1, 0.15) is 52.0 Å². The second-order valence-corrected chi connectivity index (χ2v) is 7.92. The van der Waals surface area contributed by atoms with Crippen LogP contribution in [0.3, 0.4) is 0 Å². The molecule has 4 N–H and O–H groups in total. The molecule has 3 rings (SSSR count). The van der Waals surface area contributed by atoms with Crippen molar-refractivity contribution in [3.63, 3.8) is 0 Å². The summed E-state index contributed by atoms with van der Waals surface area (Å²) in [4.78, 5) is 12.6. The number of aromatic nitrogens is 4. The summed E-state index contributed by atoms with van der Waals surface area (Å²) in [5.74, 6) is 0.299. The molecule has 0 radical (unpaired) electrons. The highest BCUT2D eigenvalue weighted by Crippen LogP contribution is 2.47. The second-order valence-electron chi connectivity index (χ2n) is 7.92. The van der Waals surface area contributed by atoms with Crippen molar-refractivity contribution in [2.75, 3.05) is 32.2 Å². The van der Waals surface area contributed by atoms with E-state index >= 15 is 0 Å². The maximum Gasteiger partial charge on any atom is 0.165 e. The highest BCUT2D eigenvalue weighted by Gasteiger charge is 2.55. The van der Waals surface area contributed by atoms with Crippen molar-refractivity contribution in [3.05, 3.63) is 12.7 Å². The highest BCUT2D eigenvalue weighted by molar-refractivity contribution is 5.81. The lowest BCUT2D eigenvalue weighted by atomic mass is 9.85. The van der Waals surface area contributed by atoms with Crippen LogP contribution in [-0.4, -0.2) is 68.4 Å². The average molecular weight is 408 g/mol. The first kappa shape index (κ1) is 21.9. The van der Waals surface area contributed by atoms with Crippen molar-refractivity contribution in [3.8, 4) is 0 Å². The lowest BCUT2D eigenvalue weighted by molar-refractivity contribution is -0.119. The SMILES string of the molecule is CCCCOC[C@@]1(CO)C[C@@H](n2cnc3c(N)ncnc32)[C@H](O)[C@@H]1OCCCC. The monoisotopic (exact) mass is 407 g/mol. The van der Waals surface area contributed by atoms with Crippen molar-refractivity contribution in [1.29, 1.82) is 0 Å². The largest absolute Gasteiger partial charge is 0.396 e. The summed E-state index contributed by atoms with van der Waals surface area (Å²) < 4.78 is 13.8. The zero-order valence-corrected chi connectivity index (χ0v) is 17.3. The van der Waals surface area contributed by atoms with E-state index in [0.717, 1.165) is 25.7 Å². The number of nitrogens with two attached hydrogens (primary N) is 1. The van der Waals surface area contributed by atoms with Crippen molar-refractivity contribution < 1.29 is 19.7 Å². The normalized spacial score (nSPS) is 27.1. The van der Waals surface area contributed by atoms with Gasteiger partial charge in [-0.1, -0.05) is 26.7 Å². The number of nitrogens with zero attached hydrogens (tertiary/aromatic N) is 4. The molecule has 4 atom stereocenters. The van der Waals surface area contributed by atoms with Crippen LogP contribution in [0.2, 0.25) is 0 Å². The van der Waals surface area contributed by atoms with Gasteiger partial charge in [0.1, 0.15) is 17.9 Å². The molecule has 0 spiro atoms. The molecule has 2 heterocycles. The minimum Gasteiger partial charge on any atom is -0.396 e. The minimum atomic E-state index is -0.831. The van der Waals surface area contributed by atoms with E-state index in [-0.39, 0.29) is 12.6 Å². The Morgan fingerprint density at radius 3 is 2.69 bits per heavy atom. The molecule has 0 aromatic carbocycles. The van der Waals surface area contributed by atoms with E-state index in [4.69, 9.17) is 15.2 Å². The first-order valence-corrected chi connectivity index (χ1v) is 10.5. The first-order valence-electron chi connectivity index (χ1n) is 10.5. The number of imidazole rings is 1. The van der Waals surface area contributed by atoms with Crippen molar-refractivity contribution >= 4 is 17.0 Å². The van der Waals surface area contributed by atoms with E-state index in [1.807, 2.05) is 4.57 Å². The number of anilines is 1. The van der Waals surface area contributed by atoms with Crippen LogP contribution in [0.4, 0.5) is 5.82 Å². The quantitative estimate of drug-likeness (QED) is 0.480. The number of ether oxygens (including phenoxy) is 2. The van der Waals surface area contributed by atoms with Crippen LogP contribution in [0.5, 0.6) is 0 Å². The molecule has 0 aliphatic heterocycles. The van der Waals surface area contributed by atoms with E-state index in [1.165, 1.54) is 6.33 Å². The first-order chi connectivity index (χ1) is 14.1. The number of fused-ring (bicyclic) bond motifs is 1. The number of rotatable bonds is 11. The summed E-state index contributed by atoms with van der Waals surface area (Å²) in [7, 11) is 0. The van der Waals surface area contributed by atoms with Crippen LogP contribution >= 0.6 is 0 Å². The number of hydrogen-bond acceptors (Lipinski definition) is 8. The van der Waals surface area contributed by atoms with E-state index in [9.17, 15) is 10.2 Å². The van der Waals surface area contributed by atoms with Crippen molar-refractivity contribution in [1.82, 2.24) is 19.5 Å². The topological polar surface area (TPSA) is 129 Å². The average Bonchev–Trinajstić information content (AvgIpc) is 3.27. The van der Waals surface area contributed by atoms with Gasteiger partial charge in [0.15, 0.2) is 11.5 Å². The Morgan fingerprint density at radius 2 is 1.97 bits per heavy atom. The molecule has 0 bridgehead atoms. The van der Waals surface area contributed by atoms with Gasteiger partial charge in [0.05, 0.1) is 31.7 Å². The zero-order chi connectivity index (χ0) is 20.9. The summed E-state index contributed by atoms with van der Waals surface area (Å²) >= 11 is 0. The number of unbranched alkanes of at least 4 members (excludes halogenated alkanes) is 2. The van der Waals surface area contributed by atoms with Crippen LogP contribution in [-0.2, 0) is 9.47 Å². The lowest BCUT2D eigenvalue weighted by Crippen LogP contribution is -2.44. The van der Waals surface area contributed by atoms with E-state index in [0.29, 0.717) is 43.2 Å². The second kappa shape index (κ2) is 9.80. The molecule has 0 unspecified atom stereocenters. The third-order valence-electron chi connectivity index (χ3n) is 5.81. The molecule has 2 aromatic rings. The lowest BCUT2D eigenvalue weighted by Gasteiger charge is -2.34.